The quantitative estimate of drug-likeness (QED) is 0.740. The Hall–Kier alpha value is -1.61. The molecule has 0 atom stereocenters. The number of fused-ring (bicyclic) bond motifs is 1. The zero-order chi connectivity index (χ0) is 15.1. The highest BCUT2D eigenvalue weighted by atomic mass is 16.5. The molecule has 0 unspecified atom stereocenters. The van der Waals surface area contributed by atoms with Crippen molar-refractivity contribution in [2.24, 2.45) is 5.92 Å². The summed E-state index contributed by atoms with van der Waals surface area (Å²) in [4.78, 5) is 4.51. The monoisotopic (exact) mass is 286 g/mol. The first-order valence-electron chi connectivity index (χ1n) is 7.92. The van der Waals surface area contributed by atoms with Crippen LogP contribution in [0.5, 0.6) is 5.88 Å². The predicted molar refractivity (Wildman–Crippen MR) is 88.7 cm³/mol. The number of ether oxygens (including phenoxy) is 1. The number of nitrogens with one attached hydrogen (secondary N) is 1. The van der Waals surface area contributed by atoms with E-state index in [-0.39, 0.29) is 0 Å². The number of hydrogen-bond acceptors (Lipinski definition) is 3. The van der Waals surface area contributed by atoms with Crippen molar-refractivity contribution < 1.29 is 4.74 Å². The van der Waals surface area contributed by atoms with Crippen molar-refractivity contribution in [3.05, 3.63) is 36.0 Å². The molecule has 0 aliphatic rings. The second kappa shape index (κ2) is 7.99. The Balaban J connectivity index is 2.13. The highest BCUT2D eigenvalue weighted by Crippen LogP contribution is 2.26. The van der Waals surface area contributed by atoms with E-state index in [9.17, 15) is 0 Å². The van der Waals surface area contributed by atoms with Gasteiger partial charge in [0.05, 0.1) is 6.61 Å². The molecule has 2 aromatic rings. The van der Waals surface area contributed by atoms with Crippen LogP contribution in [0.25, 0.3) is 10.8 Å². The molecule has 0 bridgehead atoms. The SMILES string of the molecule is CCNCc1cnc(OCCCC(C)C)c2ccccc12. The van der Waals surface area contributed by atoms with Gasteiger partial charge in [-0.05, 0) is 42.3 Å². The zero-order valence-electron chi connectivity index (χ0n) is 13.4. The molecule has 21 heavy (non-hydrogen) atoms. The van der Waals surface area contributed by atoms with Gasteiger partial charge in [-0.1, -0.05) is 39.0 Å². The molecule has 2 rings (SSSR count). The second-order valence-electron chi connectivity index (χ2n) is 5.80. The molecule has 3 heteroatoms. The maximum absolute atomic E-state index is 5.90. The molecule has 0 amide bonds. The minimum Gasteiger partial charge on any atom is -0.477 e. The van der Waals surface area contributed by atoms with Gasteiger partial charge in [-0.2, -0.15) is 0 Å². The molecule has 3 nitrogen and oxygen atoms in total. The lowest BCUT2D eigenvalue weighted by atomic mass is 10.1. The number of benzene rings is 1. The largest absolute Gasteiger partial charge is 0.477 e. The summed E-state index contributed by atoms with van der Waals surface area (Å²) in [6.07, 6.45) is 4.20. The maximum atomic E-state index is 5.90. The van der Waals surface area contributed by atoms with Crippen LogP contribution < -0.4 is 10.1 Å². The summed E-state index contributed by atoms with van der Waals surface area (Å²) in [5.74, 6) is 1.48. The van der Waals surface area contributed by atoms with E-state index in [1.54, 1.807) is 0 Å². The third-order valence-electron chi connectivity index (χ3n) is 3.57. The van der Waals surface area contributed by atoms with Crippen LogP contribution >= 0.6 is 0 Å². The Kier molecular flexibility index (Phi) is 6.00. The molecule has 0 spiro atoms. The molecular formula is C18H26N2O. The lowest BCUT2D eigenvalue weighted by molar-refractivity contribution is 0.290. The fourth-order valence-corrected chi connectivity index (χ4v) is 2.40. The van der Waals surface area contributed by atoms with Gasteiger partial charge in [0.2, 0.25) is 5.88 Å². The third-order valence-corrected chi connectivity index (χ3v) is 3.57. The Morgan fingerprint density at radius 1 is 1.19 bits per heavy atom. The summed E-state index contributed by atoms with van der Waals surface area (Å²) < 4.78 is 5.90. The van der Waals surface area contributed by atoms with Crippen LogP contribution in [-0.4, -0.2) is 18.1 Å². The summed E-state index contributed by atoms with van der Waals surface area (Å²) in [7, 11) is 0. The van der Waals surface area contributed by atoms with Crippen LogP contribution in [0, 0.1) is 5.92 Å². The van der Waals surface area contributed by atoms with Gasteiger partial charge in [-0.15, -0.1) is 0 Å². The van der Waals surface area contributed by atoms with E-state index in [1.165, 1.54) is 17.4 Å². The lowest BCUT2D eigenvalue weighted by Gasteiger charge is -2.12. The molecule has 1 heterocycles. The summed E-state index contributed by atoms with van der Waals surface area (Å²) >= 11 is 0. The smallest absolute Gasteiger partial charge is 0.221 e. The van der Waals surface area contributed by atoms with Gasteiger partial charge in [0.25, 0.3) is 0 Å². The first kappa shape index (κ1) is 15.8. The molecule has 0 saturated carbocycles. The van der Waals surface area contributed by atoms with Crippen molar-refractivity contribution in [1.82, 2.24) is 10.3 Å². The van der Waals surface area contributed by atoms with Crippen molar-refractivity contribution in [3.8, 4) is 5.88 Å². The van der Waals surface area contributed by atoms with Gasteiger partial charge in [-0.25, -0.2) is 4.98 Å². The molecule has 0 fully saturated rings. The standard InChI is InChI=1S/C18H26N2O/c1-4-19-12-15-13-20-18(21-11-7-8-14(2)3)17-10-6-5-9-16(15)17/h5-6,9-10,13-14,19H,4,7-8,11-12H2,1-3H3. The van der Waals surface area contributed by atoms with E-state index >= 15 is 0 Å². The van der Waals surface area contributed by atoms with Gasteiger partial charge in [0.15, 0.2) is 0 Å². The van der Waals surface area contributed by atoms with E-state index in [0.29, 0.717) is 0 Å². The fraction of sp³-hybridized carbons (Fsp3) is 0.500. The maximum Gasteiger partial charge on any atom is 0.221 e. The number of pyridine rings is 1. The van der Waals surface area contributed by atoms with Gasteiger partial charge >= 0.3 is 0 Å². The minimum absolute atomic E-state index is 0.723. The number of nitrogens with zero attached hydrogens (tertiary/aromatic N) is 1. The number of aromatic nitrogens is 1. The van der Waals surface area contributed by atoms with Crippen molar-refractivity contribution >= 4 is 10.8 Å². The number of rotatable bonds is 8. The molecule has 114 valence electrons. The van der Waals surface area contributed by atoms with Crippen molar-refractivity contribution in [3.63, 3.8) is 0 Å². The Morgan fingerprint density at radius 3 is 2.67 bits per heavy atom. The average molecular weight is 286 g/mol. The van der Waals surface area contributed by atoms with Crippen LogP contribution in [-0.2, 0) is 6.54 Å². The van der Waals surface area contributed by atoms with E-state index in [2.05, 4.69) is 49.3 Å². The summed E-state index contributed by atoms with van der Waals surface area (Å²) in [6.45, 7) is 9.13. The highest BCUT2D eigenvalue weighted by Gasteiger charge is 2.08. The summed E-state index contributed by atoms with van der Waals surface area (Å²) in [5.41, 5.74) is 1.22. The topological polar surface area (TPSA) is 34.2 Å². The molecule has 0 saturated heterocycles. The fourth-order valence-electron chi connectivity index (χ4n) is 2.40. The Bertz CT molecular complexity index is 566. The number of hydrogen-bond donors (Lipinski definition) is 1. The van der Waals surface area contributed by atoms with Gasteiger partial charge in [0, 0.05) is 18.1 Å². The molecule has 1 aromatic carbocycles. The van der Waals surface area contributed by atoms with Crippen molar-refractivity contribution in [1.29, 1.82) is 0 Å². The minimum atomic E-state index is 0.723. The molecule has 1 aromatic heterocycles. The van der Waals surface area contributed by atoms with Gasteiger partial charge in [-0.3, -0.25) is 0 Å². The van der Waals surface area contributed by atoms with Crippen LogP contribution in [0.15, 0.2) is 30.5 Å². The molecule has 0 radical (unpaired) electrons. The van der Waals surface area contributed by atoms with E-state index < -0.39 is 0 Å². The first-order valence-corrected chi connectivity index (χ1v) is 7.92. The zero-order valence-corrected chi connectivity index (χ0v) is 13.4. The van der Waals surface area contributed by atoms with E-state index in [0.717, 1.165) is 43.3 Å². The van der Waals surface area contributed by atoms with Crippen LogP contribution in [0.4, 0.5) is 0 Å². The molecule has 1 N–H and O–H groups in total. The van der Waals surface area contributed by atoms with Crippen LogP contribution in [0.1, 0.15) is 39.2 Å². The molecule has 0 aliphatic carbocycles. The normalized spacial score (nSPS) is 11.2. The van der Waals surface area contributed by atoms with Gasteiger partial charge < -0.3 is 10.1 Å². The van der Waals surface area contributed by atoms with Gasteiger partial charge in [0.1, 0.15) is 0 Å². The average Bonchev–Trinajstić information content (AvgIpc) is 2.50. The summed E-state index contributed by atoms with van der Waals surface area (Å²) in [5, 5.41) is 5.70. The second-order valence-corrected chi connectivity index (χ2v) is 5.80. The third kappa shape index (κ3) is 4.43. The van der Waals surface area contributed by atoms with E-state index in [4.69, 9.17) is 4.74 Å². The lowest BCUT2D eigenvalue weighted by Crippen LogP contribution is -2.12. The van der Waals surface area contributed by atoms with Crippen LogP contribution in [0.3, 0.4) is 0 Å². The molecular weight excluding hydrogens is 260 g/mol. The van der Waals surface area contributed by atoms with Crippen molar-refractivity contribution in [2.75, 3.05) is 13.2 Å². The first-order chi connectivity index (χ1) is 10.2. The van der Waals surface area contributed by atoms with Crippen LogP contribution in [0.2, 0.25) is 0 Å². The molecule has 0 aliphatic heterocycles. The van der Waals surface area contributed by atoms with Crippen molar-refractivity contribution in [2.45, 2.75) is 40.2 Å². The Morgan fingerprint density at radius 2 is 1.95 bits per heavy atom. The Labute approximate surface area is 127 Å². The highest BCUT2D eigenvalue weighted by molar-refractivity contribution is 5.89. The predicted octanol–water partition coefficient (Wildman–Crippen LogP) is 4.16. The van der Waals surface area contributed by atoms with E-state index in [1.807, 2.05) is 12.3 Å². The summed E-state index contributed by atoms with van der Waals surface area (Å²) in [6, 6.07) is 8.35.